The number of hydrogen-bond donors (Lipinski definition) is 1. The molecule has 2 aliphatic rings. The van der Waals surface area contributed by atoms with Gasteiger partial charge in [0.2, 0.25) is 5.91 Å². The topological polar surface area (TPSA) is 56.1 Å². The number of nitrogens with one attached hydrogen (secondary N) is 1. The summed E-state index contributed by atoms with van der Waals surface area (Å²) < 4.78 is 0. The van der Waals surface area contributed by atoms with E-state index in [0.29, 0.717) is 6.54 Å². The Hall–Kier alpha value is -2.02. The molecule has 1 N–H and O–H groups in total. The second-order valence-corrected chi connectivity index (χ2v) is 6.10. The number of hydrogen-bond acceptors (Lipinski definition) is 3. The summed E-state index contributed by atoms with van der Waals surface area (Å²) in [4.78, 5) is 14.5. The molecule has 0 bridgehead atoms. The van der Waals surface area contributed by atoms with Crippen LogP contribution < -0.4 is 10.2 Å². The zero-order valence-corrected chi connectivity index (χ0v) is 12.3. The lowest BCUT2D eigenvalue weighted by Gasteiger charge is -2.32. The van der Waals surface area contributed by atoms with E-state index >= 15 is 0 Å². The SMILES string of the molecule is N#CC1(NC(=O)CN2CCCc3ccccc32)CCCC1. The molecular formula is C17H21N3O. The molecule has 1 aromatic rings. The first-order valence-electron chi connectivity index (χ1n) is 7.78. The van der Waals surface area contributed by atoms with Crippen LogP contribution in [-0.4, -0.2) is 24.5 Å². The Morgan fingerprint density at radius 2 is 2.05 bits per heavy atom. The van der Waals surface area contributed by atoms with Crippen LogP contribution >= 0.6 is 0 Å². The maximum Gasteiger partial charge on any atom is 0.240 e. The summed E-state index contributed by atoms with van der Waals surface area (Å²) in [5.74, 6) is -0.0323. The minimum atomic E-state index is -0.619. The van der Waals surface area contributed by atoms with Crippen molar-refractivity contribution >= 4 is 11.6 Å². The number of rotatable bonds is 3. The Labute approximate surface area is 125 Å². The van der Waals surface area contributed by atoms with Gasteiger partial charge >= 0.3 is 0 Å². The molecule has 1 fully saturated rings. The number of nitrogens with zero attached hydrogens (tertiary/aromatic N) is 2. The summed E-state index contributed by atoms with van der Waals surface area (Å²) >= 11 is 0. The number of fused-ring (bicyclic) bond motifs is 1. The van der Waals surface area contributed by atoms with Gasteiger partial charge < -0.3 is 10.2 Å². The van der Waals surface area contributed by atoms with Crippen molar-refractivity contribution in [2.45, 2.75) is 44.1 Å². The number of aryl methyl sites for hydroxylation is 1. The van der Waals surface area contributed by atoms with E-state index in [1.807, 2.05) is 12.1 Å². The van der Waals surface area contributed by atoms with Crippen LogP contribution in [0.1, 0.15) is 37.7 Å². The fourth-order valence-corrected chi connectivity index (χ4v) is 3.50. The van der Waals surface area contributed by atoms with E-state index in [4.69, 9.17) is 0 Å². The molecule has 1 aliphatic carbocycles. The second-order valence-electron chi connectivity index (χ2n) is 6.10. The van der Waals surface area contributed by atoms with Gasteiger partial charge in [-0.15, -0.1) is 0 Å². The molecule has 4 heteroatoms. The molecule has 0 spiro atoms. The molecule has 1 saturated carbocycles. The van der Waals surface area contributed by atoms with E-state index in [2.05, 4.69) is 28.4 Å². The number of para-hydroxylation sites is 1. The number of carbonyl (C=O) groups is 1. The van der Waals surface area contributed by atoms with E-state index in [9.17, 15) is 10.1 Å². The second kappa shape index (κ2) is 5.77. The minimum Gasteiger partial charge on any atom is -0.362 e. The normalized spacial score (nSPS) is 19.7. The highest BCUT2D eigenvalue weighted by atomic mass is 16.2. The van der Waals surface area contributed by atoms with Crippen LogP contribution in [0.2, 0.25) is 0 Å². The van der Waals surface area contributed by atoms with Crippen molar-refractivity contribution in [1.29, 1.82) is 5.26 Å². The van der Waals surface area contributed by atoms with Gasteiger partial charge in [0.05, 0.1) is 12.6 Å². The highest BCUT2D eigenvalue weighted by molar-refractivity contribution is 5.83. The predicted octanol–water partition coefficient (Wildman–Crippen LogP) is 2.39. The Morgan fingerprint density at radius 3 is 2.81 bits per heavy atom. The van der Waals surface area contributed by atoms with Crippen LogP contribution in [0.3, 0.4) is 0 Å². The first-order chi connectivity index (χ1) is 10.2. The third-order valence-electron chi connectivity index (χ3n) is 4.59. The van der Waals surface area contributed by atoms with Gasteiger partial charge in [0.15, 0.2) is 0 Å². The fraction of sp³-hybridized carbons (Fsp3) is 0.529. The Morgan fingerprint density at radius 1 is 1.29 bits per heavy atom. The molecule has 1 heterocycles. The van der Waals surface area contributed by atoms with Crippen molar-refractivity contribution in [2.75, 3.05) is 18.0 Å². The van der Waals surface area contributed by atoms with Crippen molar-refractivity contribution in [1.82, 2.24) is 5.32 Å². The smallest absolute Gasteiger partial charge is 0.240 e. The monoisotopic (exact) mass is 283 g/mol. The van der Waals surface area contributed by atoms with Gasteiger partial charge in [-0.2, -0.15) is 5.26 Å². The predicted molar refractivity (Wildman–Crippen MR) is 81.9 cm³/mol. The average Bonchev–Trinajstić information content (AvgIpc) is 2.96. The van der Waals surface area contributed by atoms with Crippen molar-refractivity contribution in [3.8, 4) is 6.07 Å². The molecule has 1 aliphatic heterocycles. The quantitative estimate of drug-likeness (QED) is 0.926. The minimum absolute atomic E-state index is 0.0323. The molecule has 4 nitrogen and oxygen atoms in total. The standard InChI is InChI=1S/C17H21N3O/c18-13-17(9-3-4-10-17)19-16(21)12-20-11-5-7-14-6-1-2-8-15(14)20/h1-2,6,8H,3-5,7,9-12H2,(H,19,21). The van der Waals surface area contributed by atoms with Gasteiger partial charge in [0, 0.05) is 12.2 Å². The van der Waals surface area contributed by atoms with Gasteiger partial charge in [0.1, 0.15) is 5.54 Å². The average molecular weight is 283 g/mol. The Kier molecular flexibility index (Phi) is 3.83. The Balaban J connectivity index is 1.67. The molecule has 3 rings (SSSR count). The van der Waals surface area contributed by atoms with E-state index in [0.717, 1.165) is 50.8 Å². The van der Waals surface area contributed by atoms with Crippen LogP contribution in [0.25, 0.3) is 0 Å². The van der Waals surface area contributed by atoms with Crippen LogP contribution in [0, 0.1) is 11.3 Å². The van der Waals surface area contributed by atoms with Crippen LogP contribution in [0.15, 0.2) is 24.3 Å². The van der Waals surface area contributed by atoms with Gasteiger partial charge in [-0.05, 0) is 50.2 Å². The zero-order chi connectivity index (χ0) is 14.7. The van der Waals surface area contributed by atoms with Gasteiger partial charge in [0.25, 0.3) is 0 Å². The largest absolute Gasteiger partial charge is 0.362 e. The van der Waals surface area contributed by atoms with Gasteiger partial charge in [-0.1, -0.05) is 18.2 Å². The first-order valence-corrected chi connectivity index (χ1v) is 7.78. The summed E-state index contributed by atoms with van der Waals surface area (Å²) in [7, 11) is 0. The van der Waals surface area contributed by atoms with Crippen LogP contribution in [0.5, 0.6) is 0 Å². The number of carbonyl (C=O) groups excluding carboxylic acids is 1. The third-order valence-corrected chi connectivity index (χ3v) is 4.59. The molecule has 0 aromatic heterocycles. The number of nitriles is 1. The summed E-state index contributed by atoms with van der Waals surface area (Å²) in [6.07, 6.45) is 5.78. The molecule has 0 atom stereocenters. The van der Waals surface area contributed by atoms with E-state index in [1.165, 1.54) is 5.56 Å². The lowest BCUT2D eigenvalue weighted by Crippen LogP contribution is -2.49. The highest BCUT2D eigenvalue weighted by Gasteiger charge is 2.35. The van der Waals surface area contributed by atoms with E-state index < -0.39 is 5.54 Å². The number of anilines is 1. The molecule has 1 aromatic carbocycles. The molecule has 110 valence electrons. The first kappa shape index (κ1) is 13.9. The molecule has 0 saturated heterocycles. The van der Waals surface area contributed by atoms with E-state index in [-0.39, 0.29) is 5.91 Å². The maximum absolute atomic E-state index is 12.3. The van der Waals surface area contributed by atoms with Crippen molar-refractivity contribution < 1.29 is 4.79 Å². The lowest BCUT2D eigenvalue weighted by atomic mass is 9.99. The van der Waals surface area contributed by atoms with Gasteiger partial charge in [-0.3, -0.25) is 4.79 Å². The van der Waals surface area contributed by atoms with E-state index in [1.54, 1.807) is 0 Å². The van der Waals surface area contributed by atoms with Gasteiger partial charge in [-0.25, -0.2) is 0 Å². The molecular weight excluding hydrogens is 262 g/mol. The molecule has 1 amide bonds. The summed E-state index contributed by atoms with van der Waals surface area (Å²) in [5, 5.41) is 12.3. The third kappa shape index (κ3) is 2.87. The van der Waals surface area contributed by atoms with Crippen LogP contribution in [-0.2, 0) is 11.2 Å². The van der Waals surface area contributed by atoms with Crippen LogP contribution in [0.4, 0.5) is 5.69 Å². The van der Waals surface area contributed by atoms with Crippen molar-refractivity contribution in [2.24, 2.45) is 0 Å². The lowest BCUT2D eigenvalue weighted by molar-refractivity contribution is -0.121. The zero-order valence-electron chi connectivity index (χ0n) is 12.3. The number of benzene rings is 1. The van der Waals surface area contributed by atoms with Crippen molar-refractivity contribution in [3.05, 3.63) is 29.8 Å². The fourth-order valence-electron chi connectivity index (χ4n) is 3.50. The Bertz CT molecular complexity index is 570. The molecule has 0 unspecified atom stereocenters. The highest BCUT2D eigenvalue weighted by Crippen LogP contribution is 2.29. The summed E-state index contributed by atoms with van der Waals surface area (Å²) in [6, 6.07) is 10.6. The van der Waals surface area contributed by atoms with Crippen molar-refractivity contribution in [3.63, 3.8) is 0 Å². The summed E-state index contributed by atoms with van der Waals surface area (Å²) in [5.41, 5.74) is 1.86. The number of amides is 1. The maximum atomic E-state index is 12.3. The summed E-state index contributed by atoms with van der Waals surface area (Å²) in [6.45, 7) is 1.25. The molecule has 0 radical (unpaired) electrons. The molecule has 21 heavy (non-hydrogen) atoms.